The molecule has 2 N–H and O–H groups in total. The number of hydrogen-bond donors (Lipinski definition) is 2. The summed E-state index contributed by atoms with van der Waals surface area (Å²) in [7, 11) is 4.60. The summed E-state index contributed by atoms with van der Waals surface area (Å²) in [6, 6.07) is 0. The van der Waals surface area contributed by atoms with Gasteiger partial charge in [-0.25, -0.2) is 9.78 Å². The molecule has 0 spiro atoms. The average Bonchev–Trinajstić information content (AvgIpc) is 2.91. The third kappa shape index (κ3) is 4.28. The summed E-state index contributed by atoms with van der Waals surface area (Å²) in [4.78, 5) is 43.8. The van der Waals surface area contributed by atoms with Crippen molar-refractivity contribution in [3.05, 3.63) is 17.7 Å². The molecule has 1 aromatic heterocycles. The van der Waals surface area contributed by atoms with E-state index >= 15 is 0 Å². The number of nitrogens with zero attached hydrogens (tertiary/aromatic N) is 3. The van der Waals surface area contributed by atoms with Gasteiger partial charge in [-0.15, -0.1) is 0 Å². The van der Waals surface area contributed by atoms with Crippen LogP contribution in [0.4, 0.5) is 0 Å². The van der Waals surface area contributed by atoms with Crippen LogP contribution in [-0.2, 0) is 9.53 Å². The Morgan fingerprint density at radius 2 is 2.05 bits per heavy atom. The fraction of sp³-hybridized carbons (Fsp3) is 0.500. The standard InChI is InChI=1S/C12H18N4O5/c1-15(2)8(17)6-16(4-5-21-3)11(18)9-10(12(19)20)14-7-13-9/h7H,4-6H2,1-3H3,(H,13,14)(H,19,20). The highest BCUT2D eigenvalue weighted by Crippen LogP contribution is 2.08. The van der Waals surface area contributed by atoms with Crippen molar-refractivity contribution in [2.75, 3.05) is 40.9 Å². The maximum absolute atomic E-state index is 12.3. The minimum absolute atomic E-state index is 0.154. The number of carboxylic acids is 1. The van der Waals surface area contributed by atoms with Gasteiger partial charge in [-0.2, -0.15) is 0 Å². The van der Waals surface area contributed by atoms with Crippen molar-refractivity contribution in [2.24, 2.45) is 0 Å². The van der Waals surface area contributed by atoms with E-state index in [1.54, 1.807) is 14.1 Å². The summed E-state index contributed by atoms with van der Waals surface area (Å²) in [5.41, 5.74) is -0.537. The molecule has 0 fully saturated rings. The number of aromatic amines is 1. The minimum Gasteiger partial charge on any atom is -0.477 e. The van der Waals surface area contributed by atoms with Crippen molar-refractivity contribution >= 4 is 17.8 Å². The SMILES string of the molecule is COCCN(CC(=O)N(C)C)C(=O)c1nc[nH]c1C(=O)O. The zero-order chi connectivity index (χ0) is 16.0. The highest BCUT2D eigenvalue weighted by atomic mass is 16.5. The van der Waals surface area contributed by atoms with Gasteiger partial charge < -0.3 is 24.6 Å². The van der Waals surface area contributed by atoms with E-state index in [2.05, 4.69) is 9.97 Å². The summed E-state index contributed by atoms with van der Waals surface area (Å²) in [5, 5.41) is 8.99. The van der Waals surface area contributed by atoms with Crippen LogP contribution in [0.2, 0.25) is 0 Å². The number of nitrogens with one attached hydrogen (secondary N) is 1. The van der Waals surface area contributed by atoms with Gasteiger partial charge in [0, 0.05) is 27.7 Å². The number of methoxy groups -OCH3 is 1. The lowest BCUT2D eigenvalue weighted by Crippen LogP contribution is -2.42. The summed E-state index contributed by atoms with van der Waals surface area (Å²) in [6.45, 7) is 0.196. The van der Waals surface area contributed by atoms with Crippen molar-refractivity contribution in [1.82, 2.24) is 19.8 Å². The first-order valence-electron chi connectivity index (χ1n) is 6.13. The van der Waals surface area contributed by atoms with E-state index in [9.17, 15) is 14.4 Å². The van der Waals surface area contributed by atoms with Crippen LogP contribution in [0.5, 0.6) is 0 Å². The second-order valence-electron chi connectivity index (χ2n) is 4.44. The van der Waals surface area contributed by atoms with Gasteiger partial charge in [0.2, 0.25) is 5.91 Å². The van der Waals surface area contributed by atoms with Crippen LogP contribution in [0.15, 0.2) is 6.33 Å². The third-order valence-electron chi connectivity index (χ3n) is 2.73. The topological polar surface area (TPSA) is 116 Å². The molecule has 0 saturated carbocycles. The molecule has 116 valence electrons. The van der Waals surface area contributed by atoms with Crippen molar-refractivity contribution < 1.29 is 24.2 Å². The Morgan fingerprint density at radius 3 is 2.57 bits per heavy atom. The highest BCUT2D eigenvalue weighted by molar-refractivity contribution is 6.03. The number of likely N-dealkylation sites (N-methyl/N-ethyl adjacent to an activating group) is 1. The van der Waals surface area contributed by atoms with Gasteiger partial charge in [-0.05, 0) is 0 Å². The molecule has 0 aliphatic rings. The molecule has 0 atom stereocenters. The highest BCUT2D eigenvalue weighted by Gasteiger charge is 2.26. The lowest BCUT2D eigenvalue weighted by Gasteiger charge is -2.23. The number of imidazole rings is 1. The van der Waals surface area contributed by atoms with Gasteiger partial charge in [-0.1, -0.05) is 0 Å². The van der Waals surface area contributed by atoms with Crippen LogP contribution in [0.25, 0.3) is 0 Å². The van der Waals surface area contributed by atoms with Crippen LogP contribution < -0.4 is 0 Å². The average molecular weight is 298 g/mol. The summed E-state index contributed by atoms with van der Waals surface area (Å²) in [5.74, 6) is -2.21. The number of carbonyl (C=O) groups is 3. The fourth-order valence-corrected chi connectivity index (χ4v) is 1.53. The molecule has 0 aromatic carbocycles. The van der Waals surface area contributed by atoms with E-state index in [4.69, 9.17) is 9.84 Å². The van der Waals surface area contributed by atoms with E-state index in [-0.39, 0.29) is 37.0 Å². The number of carboxylic acid groups (broad SMARTS) is 1. The number of aromatic nitrogens is 2. The van der Waals surface area contributed by atoms with Gasteiger partial charge in [0.25, 0.3) is 5.91 Å². The number of aromatic carboxylic acids is 1. The van der Waals surface area contributed by atoms with E-state index in [1.165, 1.54) is 16.9 Å². The largest absolute Gasteiger partial charge is 0.477 e. The fourth-order valence-electron chi connectivity index (χ4n) is 1.53. The zero-order valence-corrected chi connectivity index (χ0v) is 12.1. The number of hydrogen-bond acceptors (Lipinski definition) is 5. The molecule has 1 aromatic rings. The van der Waals surface area contributed by atoms with Crippen LogP contribution in [0.1, 0.15) is 21.0 Å². The number of carbonyl (C=O) groups excluding carboxylic acids is 2. The normalized spacial score (nSPS) is 10.2. The Hall–Kier alpha value is -2.42. The van der Waals surface area contributed by atoms with E-state index in [0.717, 1.165) is 6.33 Å². The predicted octanol–water partition coefficient (Wildman–Crippen LogP) is -0.715. The lowest BCUT2D eigenvalue weighted by molar-refractivity contribution is -0.129. The second kappa shape index (κ2) is 7.39. The lowest BCUT2D eigenvalue weighted by atomic mass is 10.2. The molecule has 0 aliphatic heterocycles. The molecule has 1 rings (SSSR count). The minimum atomic E-state index is -1.29. The molecule has 21 heavy (non-hydrogen) atoms. The maximum atomic E-state index is 12.3. The Kier molecular flexibility index (Phi) is 5.85. The first-order chi connectivity index (χ1) is 9.88. The van der Waals surface area contributed by atoms with Crippen molar-refractivity contribution in [2.45, 2.75) is 0 Å². The van der Waals surface area contributed by atoms with E-state index in [0.29, 0.717) is 0 Å². The number of H-pyrrole nitrogens is 1. The molecule has 0 saturated heterocycles. The van der Waals surface area contributed by atoms with E-state index in [1.807, 2.05) is 0 Å². The van der Waals surface area contributed by atoms with Crippen LogP contribution in [0.3, 0.4) is 0 Å². The molecule has 9 heteroatoms. The molecule has 0 bridgehead atoms. The van der Waals surface area contributed by atoms with Gasteiger partial charge in [0.05, 0.1) is 12.9 Å². The summed E-state index contributed by atoms with van der Waals surface area (Å²) < 4.78 is 4.90. The zero-order valence-electron chi connectivity index (χ0n) is 12.1. The third-order valence-corrected chi connectivity index (χ3v) is 2.73. The van der Waals surface area contributed by atoms with Crippen LogP contribution in [-0.4, -0.2) is 83.6 Å². The molecule has 9 nitrogen and oxygen atoms in total. The Labute approximate surface area is 121 Å². The van der Waals surface area contributed by atoms with E-state index < -0.39 is 11.9 Å². The first-order valence-corrected chi connectivity index (χ1v) is 6.13. The second-order valence-corrected chi connectivity index (χ2v) is 4.44. The molecule has 2 amide bonds. The molecular formula is C12H18N4O5. The predicted molar refractivity (Wildman–Crippen MR) is 72.0 cm³/mol. The van der Waals surface area contributed by atoms with Gasteiger partial charge in [-0.3, -0.25) is 9.59 Å². The molecule has 1 heterocycles. The molecule has 0 unspecified atom stereocenters. The number of ether oxygens (including phenoxy) is 1. The molecular weight excluding hydrogens is 280 g/mol. The Morgan fingerprint density at radius 1 is 1.38 bits per heavy atom. The Bertz CT molecular complexity index is 525. The quantitative estimate of drug-likeness (QED) is 0.686. The van der Waals surface area contributed by atoms with Crippen LogP contribution in [0, 0.1) is 0 Å². The summed E-state index contributed by atoms with van der Waals surface area (Å²) in [6.07, 6.45) is 1.12. The van der Waals surface area contributed by atoms with Gasteiger partial charge >= 0.3 is 5.97 Å². The number of rotatable bonds is 7. The van der Waals surface area contributed by atoms with Crippen molar-refractivity contribution in [1.29, 1.82) is 0 Å². The number of amides is 2. The maximum Gasteiger partial charge on any atom is 0.354 e. The van der Waals surface area contributed by atoms with Crippen molar-refractivity contribution in [3.8, 4) is 0 Å². The molecule has 0 radical (unpaired) electrons. The smallest absolute Gasteiger partial charge is 0.354 e. The monoisotopic (exact) mass is 298 g/mol. The first kappa shape index (κ1) is 16.6. The Balaban J connectivity index is 2.96. The van der Waals surface area contributed by atoms with Crippen molar-refractivity contribution in [3.63, 3.8) is 0 Å². The molecule has 0 aliphatic carbocycles. The van der Waals surface area contributed by atoms with Gasteiger partial charge in [0.15, 0.2) is 11.4 Å². The summed E-state index contributed by atoms with van der Waals surface area (Å²) >= 11 is 0. The van der Waals surface area contributed by atoms with Crippen LogP contribution >= 0.6 is 0 Å². The van der Waals surface area contributed by atoms with Gasteiger partial charge in [0.1, 0.15) is 6.54 Å².